The molecule has 0 aliphatic carbocycles. The summed E-state index contributed by atoms with van der Waals surface area (Å²) in [6.07, 6.45) is 0. The quantitative estimate of drug-likeness (QED) is 0.710. The summed E-state index contributed by atoms with van der Waals surface area (Å²) in [5.41, 5.74) is 4.96. The number of hydrogen-bond donors (Lipinski definition) is 3. The van der Waals surface area contributed by atoms with Gasteiger partial charge < -0.3 is 10.8 Å². The van der Waals surface area contributed by atoms with E-state index in [0.29, 0.717) is 0 Å². The van der Waals surface area contributed by atoms with Crippen molar-refractivity contribution in [3.8, 4) is 0 Å². The number of anilines is 1. The van der Waals surface area contributed by atoms with E-state index in [9.17, 15) is 12.8 Å². The van der Waals surface area contributed by atoms with Crippen LogP contribution in [0.4, 0.5) is 10.1 Å². The number of benzene rings is 1. The zero-order valence-corrected chi connectivity index (χ0v) is 10.5. The predicted octanol–water partition coefficient (Wildman–Crippen LogP) is 0.720. The monoisotopic (exact) mass is 282 g/mol. The van der Waals surface area contributed by atoms with Gasteiger partial charge in [0.1, 0.15) is 10.7 Å². The van der Waals surface area contributed by atoms with E-state index in [-0.39, 0.29) is 22.2 Å². The third kappa shape index (κ3) is 3.29. The second-order valence-electron chi connectivity index (χ2n) is 3.51. The van der Waals surface area contributed by atoms with Crippen LogP contribution in [0.3, 0.4) is 0 Å². The molecule has 4 N–H and O–H groups in total. The van der Waals surface area contributed by atoms with Gasteiger partial charge in [-0.2, -0.15) is 0 Å². The summed E-state index contributed by atoms with van der Waals surface area (Å²) in [5, 5.41) is 8.50. The molecule has 8 heteroatoms. The lowest BCUT2D eigenvalue weighted by atomic mass is 10.3. The maximum absolute atomic E-state index is 13.0. The lowest BCUT2D eigenvalue weighted by Gasteiger charge is -2.13. The summed E-state index contributed by atoms with van der Waals surface area (Å²) in [5.74, 6) is -0.788. The van der Waals surface area contributed by atoms with Crippen molar-refractivity contribution < 1.29 is 17.9 Å². The maximum atomic E-state index is 13.0. The first-order valence-corrected chi connectivity index (χ1v) is 6.51. The molecule has 0 aliphatic rings. The largest absolute Gasteiger partial charge is 0.396 e. The predicted molar refractivity (Wildman–Crippen MR) is 62.7 cm³/mol. The van der Waals surface area contributed by atoms with Crippen LogP contribution < -0.4 is 10.5 Å². The lowest BCUT2D eigenvalue weighted by molar-refractivity contribution is 0.265. The Morgan fingerprint density at radius 2 is 2.18 bits per heavy atom. The highest BCUT2D eigenvalue weighted by molar-refractivity contribution is 7.89. The smallest absolute Gasteiger partial charge is 0.242 e. The standard InChI is InChI=1S/C9H12ClFN2O3S/c1-5(4-14)13-17(15,16)9-3-8(12)7(11)2-6(9)10/h2-3,5,13-14H,4,12H2,1H3/t5-/m0/s1. The van der Waals surface area contributed by atoms with Crippen molar-refractivity contribution in [1.82, 2.24) is 4.72 Å². The Morgan fingerprint density at radius 1 is 1.59 bits per heavy atom. The molecule has 0 saturated heterocycles. The third-order valence-electron chi connectivity index (χ3n) is 1.97. The molecule has 17 heavy (non-hydrogen) atoms. The normalized spacial score (nSPS) is 13.6. The van der Waals surface area contributed by atoms with Crippen molar-refractivity contribution in [2.24, 2.45) is 0 Å². The van der Waals surface area contributed by atoms with Crippen LogP contribution in [0.5, 0.6) is 0 Å². The zero-order valence-electron chi connectivity index (χ0n) is 8.94. The molecular weight excluding hydrogens is 271 g/mol. The number of nitrogens with two attached hydrogens (primary N) is 1. The molecular formula is C9H12ClFN2O3S. The SMILES string of the molecule is C[C@@H](CO)NS(=O)(=O)c1cc(N)c(F)cc1Cl. The minimum absolute atomic E-state index is 0.269. The number of aliphatic hydroxyl groups is 1. The number of aliphatic hydroxyl groups excluding tert-OH is 1. The molecule has 1 rings (SSSR count). The molecule has 5 nitrogen and oxygen atoms in total. The number of nitrogen functional groups attached to an aromatic ring is 1. The number of sulfonamides is 1. The maximum Gasteiger partial charge on any atom is 0.242 e. The van der Waals surface area contributed by atoms with Crippen LogP contribution in [0.15, 0.2) is 17.0 Å². The molecule has 0 bridgehead atoms. The molecule has 96 valence electrons. The fraction of sp³-hybridized carbons (Fsp3) is 0.333. The van der Waals surface area contributed by atoms with Gasteiger partial charge in [0.25, 0.3) is 0 Å². The minimum Gasteiger partial charge on any atom is -0.396 e. The average molecular weight is 283 g/mol. The van der Waals surface area contributed by atoms with Crippen LogP contribution in [0, 0.1) is 5.82 Å². The first-order chi connectivity index (χ1) is 7.77. The Kier molecular flexibility index (Phi) is 4.31. The van der Waals surface area contributed by atoms with Crippen molar-refractivity contribution in [3.63, 3.8) is 0 Å². The molecule has 0 radical (unpaired) electrons. The molecule has 0 aliphatic heterocycles. The average Bonchev–Trinajstić information content (AvgIpc) is 2.22. The summed E-state index contributed by atoms with van der Waals surface area (Å²) in [7, 11) is -3.93. The van der Waals surface area contributed by atoms with Gasteiger partial charge in [-0.05, 0) is 19.1 Å². The van der Waals surface area contributed by atoms with Gasteiger partial charge >= 0.3 is 0 Å². The van der Waals surface area contributed by atoms with Crippen molar-refractivity contribution >= 4 is 27.3 Å². The first-order valence-electron chi connectivity index (χ1n) is 4.65. The van der Waals surface area contributed by atoms with E-state index in [2.05, 4.69) is 4.72 Å². The summed E-state index contributed by atoms with van der Waals surface area (Å²) in [4.78, 5) is -0.321. The highest BCUT2D eigenvalue weighted by Gasteiger charge is 2.21. The van der Waals surface area contributed by atoms with Crippen LogP contribution >= 0.6 is 11.6 Å². The van der Waals surface area contributed by atoms with Crippen LogP contribution in [0.25, 0.3) is 0 Å². The Balaban J connectivity index is 3.20. The van der Waals surface area contributed by atoms with Gasteiger partial charge in [0, 0.05) is 6.04 Å². The van der Waals surface area contributed by atoms with Gasteiger partial charge in [0.05, 0.1) is 17.3 Å². The highest BCUT2D eigenvalue weighted by Crippen LogP contribution is 2.26. The molecule has 0 unspecified atom stereocenters. The van der Waals surface area contributed by atoms with Crippen molar-refractivity contribution in [1.29, 1.82) is 0 Å². The molecule has 0 fully saturated rings. The van der Waals surface area contributed by atoms with Gasteiger partial charge in [-0.15, -0.1) is 0 Å². The van der Waals surface area contributed by atoms with Gasteiger partial charge in [-0.3, -0.25) is 0 Å². The second-order valence-corrected chi connectivity index (χ2v) is 5.60. The van der Waals surface area contributed by atoms with E-state index in [4.69, 9.17) is 22.4 Å². The van der Waals surface area contributed by atoms with Crippen molar-refractivity contribution in [2.75, 3.05) is 12.3 Å². The summed E-state index contributed by atoms with van der Waals surface area (Å²) >= 11 is 5.64. The van der Waals surface area contributed by atoms with E-state index in [1.54, 1.807) is 0 Å². The molecule has 1 atom stereocenters. The first kappa shape index (κ1) is 14.2. The molecule has 1 aromatic rings. The van der Waals surface area contributed by atoms with Crippen LogP contribution in [0.2, 0.25) is 5.02 Å². The van der Waals surface area contributed by atoms with Gasteiger partial charge in [-0.1, -0.05) is 11.6 Å². The van der Waals surface area contributed by atoms with E-state index in [1.165, 1.54) is 6.92 Å². The fourth-order valence-electron chi connectivity index (χ4n) is 1.12. The van der Waals surface area contributed by atoms with E-state index in [1.807, 2.05) is 0 Å². The Bertz CT molecular complexity index is 521. The Hall–Kier alpha value is -0.890. The van der Waals surface area contributed by atoms with E-state index in [0.717, 1.165) is 12.1 Å². The topological polar surface area (TPSA) is 92.4 Å². The number of hydrogen-bond acceptors (Lipinski definition) is 4. The minimum atomic E-state index is -3.93. The number of rotatable bonds is 4. The zero-order chi connectivity index (χ0) is 13.2. The summed E-state index contributed by atoms with van der Waals surface area (Å²) in [6.45, 7) is 1.10. The summed E-state index contributed by atoms with van der Waals surface area (Å²) < 4.78 is 38.8. The van der Waals surface area contributed by atoms with E-state index < -0.39 is 21.9 Å². The van der Waals surface area contributed by atoms with Crippen molar-refractivity contribution in [2.45, 2.75) is 17.9 Å². The lowest BCUT2D eigenvalue weighted by Crippen LogP contribution is -2.35. The van der Waals surface area contributed by atoms with Gasteiger partial charge in [-0.25, -0.2) is 17.5 Å². The van der Waals surface area contributed by atoms with Gasteiger partial charge in [0.15, 0.2) is 0 Å². The molecule has 0 saturated carbocycles. The van der Waals surface area contributed by atoms with E-state index >= 15 is 0 Å². The van der Waals surface area contributed by atoms with Crippen LogP contribution in [-0.4, -0.2) is 26.2 Å². The van der Waals surface area contributed by atoms with Crippen molar-refractivity contribution in [3.05, 3.63) is 23.0 Å². The highest BCUT2D eigenvalue weighted by atomic mass is 35.5. The molecule has 0 heterocycles. The Labute approximate surface area is 103 Å². The number of nitrogens with one attached hydrogen (secondary N) is 1. The third-order valence-corrected chi connectivity index (χ3v) is 4.03. The van der Waals surface area contributed by atoms with Crippen LogP contribution in [-0.2, 0) is 10.0 Å². The van der Waals surface area contributed by atoms with Gasteiger partial charge in [0.2, 0.25) is 10.0 Å². The second kappa shape index (κ2) is 5.18. The molecule has 0 aromatic heterocycles. The Morgan fingerprint density at radius 3 is 2.71 bits per heavy atom. The molecule has 0 spiro atoms. The van der Waals surface area contributed by atoms with Crippen LogP contribution in [0.1, 0.15) is 6.92 Å². The molecule has 0 amide bonds. The fourth-order valence-corrected chi connectivity index (χ4v) is 2.90. The number of halogens is 2. The molecule has 1 aromatic carbocycles. The summed E-state index contributed by atoms with van der Waals surface area (Å²) in [6, 6.07) is 1.08.